The van der Waals surface area contributed by atoms with E-state index < -0.39 is 15.8 Å². The standard InChI is InChI=1S/C30H28FN5O3S2/c1-4-35(27-14-8-10-21-9-5-6-13-26(21)27)28(37)20-40-30-33-32-29(36(30)24-17-15-23(31)16-18-24)22-11-7-12-25(19-22)41(38,39)34(2)3/h5-19H,4,20H2,1-3H3. The average molecular weight is 590 g/mol. The molecule has 0 aliphatic rings. The van der Waals surface area contributed by atoms with Crippen molar-refractivity contribution in [1.82, 2.24) is 19.1 Å². The minimum Gasteiger partial charge on any atom is -0.311 e. The summed E-state index contributed by atoms with van der Waals surface area (Å²) in [5.41, 5.74) is 1.91. The molecule has 0 unspecified atom stereocenters. The number of hydrogen-bond acceptors (Lipinski definition) is 6. The zero-order valence-corrected chi connectivity index (χ0v) is 24.4. The molecular formula is C30H28FN5O3S2. The van der Waals surface area contributed by atoms with Crippen LogP contribution in [0.25, 0.3) is 27.8 Å². The Morgan fingerprint density at radius 3 is 2.37 bits per heavy atom. The van der Waals surface area contributed by atoms with Crippen molar-refractivity contribution in [1.29, 1.82) is 0 Å². The minimum atomic E-state index is -3.69. The van der Waals surface area contributed by atoms with Crippen LogP contribution in [0.3, 0.4) is 0 Å². The summed E-state index contributed by atoms with van der Waals surface area (Å²) in [6.45, 7) is 2.41. The van der Waals surface area contributed by atoms with Crippen LogP contribution >= 0.6 is 11.8 Å². The first kappa shape index (κ1) is 28.5. The predicted octanol–water partition coefficient (Wildman–Crippen LogP) is 5.62. The molecule has 1 heterocycles. The molecule has 0 saturated heterocycles. The number of benzene rings is 4. The van der Waals surface area contributed by atoms with Gasteiger partial charge in [-0.3, -0.25) is 9.36 Å². The smallest absolute Gasteiger partial charge is 0.242 e. The van der Waals surface area contributed by atoms with Gasteiger partial charge < -0.3 is 4.90 Å². The molecule has 8 nitrogen and oxygen atoms in total. The lowest BCUT2D eigenvalue weighted by molar-refractivity contribution is -0.116. The monoisotopic (exact) mass is 589 g/mol. The highest BCUT2D eigenvalue weighted by Crippen LogP contribution is 2.31. The van der Waals surface area contributed by atoms with Gasteiger partial charge in [0.25, 0.3) is 0 Å². The molecule has 0 aliphatic heterocycles. The molecule has 0 radical (unpaired) electrons. The van der Waals surface area contributed by atoms with E-state index in [4.69, 9.17) is 0 Å². The summed E-state index contributed by atoms with van der Waals surface area (Å²) in [6, 6.07) is 26.0. The number of carbonyl (C=O) groups excluding carboxylic acids is 1. The molecule has 1 aromatic heterocycles. The number of aromatic nitrogens is 3. The van der Waals surface area contributed by atoms with Gasteiger partial charge in [-0.2, -0.15) is 0 Å². The SMILES string of the molecule is CCN(C(=O)CSc1nnc(-c2cccc(S(=O)(=O)N(C)C)c2)n1-c1ccc(F)cc1)c1cccc2ccccc12. The van der Waals surface area contributed by atoms with Crippen molar-refractivity contribution in [3.8, 4) is 17.1 Å². The Kier molecular flexibility index (Phi) is 8.20. The van der Waals surface area contributed by atoms with Gasteiger partial charge in [0.1, 0.15) is 5.82 Å². The topological polar surface area (TPSA) is 88.4 Å². The number of sulfonamides is 1. The molecule has 0 aliphatic carbocycles. The van der Waals surface area contributed by atoms with Gasteiger partial charge in [0.2, 0.25) is 15.9 Å². The molecule has 4 aromatic carbocycles. The van der Waals surface area contributed by atoms with Gasteiger partial charge in [-0.1, -0.05) is 60.3 Å². The summed E-state index contributed by atoms with van der Waals surface area (Å²) in [6.07, 6.45) is 0. The number of carbonyl (C=O) groups is 1. The van der Waals surface area contributed by atoms with Crippen LogP contribution in [0.2, 0.25) is 0 Å². The molecule has 1 amide bonds. The number of amides is 1. The lowest BCUT2D eigenvalue weighted by atomic mass is 10.1. The van der Waals surface area contributed by atoms with E-state index in [2.05, 4.69) is 10.2 Å². The van der Waals surface area contributed by atoms with Gasteiger partial charge in [-0.25, -0.2) is 17.1 Å². The van der Waals surface area contributed by atoms with Crippen LogP contribution in [-0.2, 0) is 14.8 Å². The molecule has 0 spiro atoms. The van der Waals surface area contributed by atoms with Crippen molar-refractivity contribution in [3.63, 3.8) is 0 Å². The summed E-state index contributed by atoms with van der Waals surface area (Å²) in [5, 5.41) is 11.2. The largest absolute Gasteiger partial charge is 0.311 e. The van der Waals surface area contributed by atoms with Gasteiger partial charge >= 0.3 is 0 Å². The summed E-state index contributed by atoms with van der Waals surface area (Å²) in [4.78, 5) is 15.4. The first-order chi connectivity index (χ1) is 19.7. The number of thioether (sulfide) groups is 1. The number of rotatable bonds is 9. The average Bonchev–Trinajstić information content (AvgIpc) is 3.41. The lowest BCUT2D eigenvalue weighted by Crippen LogP contribution is -2.32. The second kappa shape index (κ2) is 11.8. The first-order valence-electron chi connectivity index (χ1n) is 12.9. The Morgan fingerprint density at radius 1 is 0.927 bits per heavy atom. The number of halogens is 1. The molecule has 11 heteroatoms. The fraction of sp³-hybridized carbons (Fsp3) is 0.167. The van der Waals surface area contributed by atoms with Crippen LogP contribution in [0.1, 0.15) is 6.92 Å². The molecule has 5 rings (SSSR count). The van der Waals surface area contributed by atoms with E-state index in [1.165, 1.54) is 50.1 Å². The first-order valence-corrected chi connectivity index (χ1v) is 15.3. The van der Waals surface area contributed by atoms with E-state index in [1.54, 1.807) is 33.7 Å². The lowest BCUT2D eigenvalue weighted by Gasteiger charge is -2.22. The predicted molar refractivity (Wildman–Crippen MR) is 160 cm³/mol. The van der Waals surface area contributed by atoms with E-state index in [9.17, 15) is 17.6 Å². The summed E-state index contributed by atoms with van der Waals surface area (Å²) < 4.78 is 42.2. The van der Waals surface area contributed by atoms with Crippen LogP contribution < -0.4 is 4.90 Å². The van der Waals surface area contributed by atoms with Crippen LogP contribution in [0.15, 0.2) is 101 Å². The van der Waals surface area contributed by atoms with Crippen LogP contribution in [0.5, 0.6) is 0 Å². The van der Waals surface area contributed by atoms with Gasteiger partial charge in [-0.05, 0) is 54.8 Å². The second-order valence-corrected chi connectivity index (χ2v) is 12.5. The van der Waals surface area contributed by atoms with Crippen LogP contribution in [0, 0.1) is 5.82 Å². The fourth-order valence-corrected chi connectivity index (χ4v) is 6.28. The highest BCUT2D eigenvalue weighted by atomic mass is 32.2. The van der Waals surface area contributed by atoms with Crippen molar-refractivity contribution >= 4 is 44.2 Å². The van der Waals surface area contributed by atoms with Gasteiger partial charge in [0, 0.05) is 37.3 Å². The van der Waals surface area contributed by atoms with Crippen molar-refractivity contribution in [2.75, 3.05) is 31.3 Å². The zero-order chi connectivity index (χ0) is 29.1. The Labute approximate surface area is 242 Å². The second-order valence-electron chi connectivity index (χ2n) is 9.36. The maximum absolute atomic E-state index is 13.8. The third kappa shape index (κ3) is 5.74. The zero-order valence-electron chi connectivity index (χ0n) is 22.7. The van der Waals surface area contributed by atoms with E-state index in [1.807, 2.05) is 49.4 Å². The number of fused-ring (bicyclic) bond motifs is 1. The maximum atomic E-state index is 13.8. The summed E-state index contributed by atoms with van der Waals surface area (Å²) >= 11 is 1.21. The highest BCUT2D eigenvalue weighted by molar-refractivity contribution is 7.99. The number of anilines is 1. The quantitative estimate of drug-likeness (QED) is 0.207. The fourth-order valence-electron chi connectivity index (χ4n) is 4.51. The Morgan fingerprint density at radius 2 is 1.63 bits per heavy atom. The molecule has 5 aromatic rings. The molecule has 0 fully saturated rings. The van der Waals surface area contributed by atoms with Gasteiger partial charge in [0.15, 0.2) is 11.0 Å². The molecule has 0 atom stereocenters. The molecule has 41 heavy (non-hydrogen) atoms. The van der Waals surface area contributed by atoms with Crippen LogP contribution in [-0.4, -0.2) is 59.8 Å². The number of nitrogens with zero attached hydrogens (tertiary/aromatic N) is 5. The van der Waals surface area contributed by atoms with Crippen LogP contribution in [0.4, 0.5) is 10.1 Å². The third-order valence-electron chi connectivity index (χ3n) is 6.59. The minimum absolute atomic E-state index is 0.0748. The maximum Gasteiger partial charge on any atom is 0.242 e. The Hall–Kier alpha value is -4.06. The van der Waals surface area contributed by atoms with Crippen molar-refractivity contribution in [3.05, 3.63) is 96.8 Å². The molecule has 210 valence electrons. The Balaban J connectivity index is 1.50. The molecule has 0 bridgehead atoms. The van der Waals surface area contributed by atoms with Crippen molar-refractivity contribution in [2.45, 2.75) is 17.0 Å². The molecule has 0 N–H and O–H groups in total. The summed E-state index contributed by atoms with van der Waals surface area (Å²) in [5.74, 6) is -0.0711. The van der Waals surface area contributed by atoms with Crippen molar-refractivity contribution < 1.29 is 17.6 Å². The van der Waals surface area contributed by atoms with Gasteiger partial charge in [-0.15, -0.1) is 10.2 Å². The Bertz CT molecular complexity index is 1820. The van der Waals surface area contributed by atoms with Crippen molar-refractivity contribution in [2.24, 2.45) is 0 Å². The van der Waals surface area contributed by atoms with Gasteiger partial charge in [0.05, 0.1) is 16.3 Å². The van der Waals surface area contributed by atoms with E-state index in [0.717, 1.165) is 20.8 Å². The molecule has 0 saturated carbocycles. The molecular weight excluding hydrogens is 561 g/mol. The highest BCUT2D eigenvalue weighted by Gasteiger charge is 2.23. The van der Waals surface area contributed by atoms with E-state index >= 15 is 0 Å². The number of hydrogen-bond donors (Lipinski definition) is 0. The normalized spacial score (nSPS) is 11.7. The third-order valence-corrected chi connectivity index (χ3v) is 9.31. The van der Waals surface area contributed by atoms with E-state index in [-0.39, 0.29) is 16.6 Å². The summed E-state index contributed by atoms with van der Waals surface area (Å²) in [7, 11) is -0.759. The van der Waals surface area contributed by atoms with E-state index in [0.29, 0.717) is 28.8 Å².